The lowest BCUT2D eigenvalue weighted by Crippen LogP contribution is -2.61. The first-order chi connectivity index (χ1) is 15.1. The SMILES string of the molecule is CN1C(N)=N[C@@]2(c3cc(CC(=O)c4ncc(F)cc4F)ccc3F)CCOCC2S1(=O)=O. The Morgan fingerprint density at radius 3 is 2.75 bits per heavy atom. The highest BCUT2D eigenvalue weighted by Gasteiger charge is 2.55. The van der Waals surface area contributed by atoms with Gasteiger partial charge in [-0.2, -0.15) is 0 Å². The lowest BCUT2D eigenvalue weighted by Gasteiger charge is -2.45. The number of carbonyl (C=O) groups is 1. The second kappa shape index (κ2) is 7.85. The maximum Gasteiger partial charge on any atom is 0.245 e. The number of sulfonamides is 1. The fourth-order valence-corrected chi connectivity index (χ4v) is 5.79. The van der Waals surface area contributed by atoms with Crippen LogP contribution in [0.2, 0.25) is 0 Å². The van der Waals surface area contributed by atoms with Crippen LogP contribution in [-0.4, -0.2) is 55.0 Å². The molecule has 4 rings (SSSR count). The van der Waals surface area contributed by atoms with Crippen LogP contribution in [0.5, 0.6) is 0 Å². The minimum atomic E-state index is -4.00. The Balaban J connectivity index is 1.77. The van der Waals surface area contributed by atoms with E-state index >= 15 is 4.39 Å². The lowest BCUT2D eigenvalue weighted by molar-refractivity contribution is 0.0521. The smallest absolute Gasteiger partial charge is 0.245 e. The molecule has 1 fully saturated rings. The average molecular weight is 468 g/mol. The summed E-state index contributed by atoms with van der Waals surface area (Å²) in [6.07, 6.45) is 0.401. The van der Waals surface area contributed by atoms with Gasteiger partial charge in [0.25, 0.3) is 0 Å². The van der Waals surface area contributed by atoms with Gasteiger partial charge in [-0.05, 0) is 17.7 Å². The molecule has 1 unspecified atom stereocenters. The first kappa shape index (κ1) is 22.2. The van der Waals surface area contributed by atoms with Crippen molar-refractivity contribution in [2.45, 2.75) is 23.6 Å². The summed E-state index contributed by atoms with van der Waals surface area (Å²) in [5, 5.41) is -1.22. The number of carbonyl (C=O) groups excluding carboxylic acids is 1. The molecule has 0 saturated carbocycles. The zero-order chi connectivity index (χ0) is 23.3. The van der Waals surface area contributed by atoms with Gasteiger partial charge in [-0.15, -0.1) is 0 Å². The van der Waals surface area contributed by atoms with E-state index in [0.29, 0.717) is 6.07 Å². The number of benzene rings is 1. The highest BCUT2D eigenvalue weighted by Crippen LogP contribution is 2.44. The summed E-state index contributed by atoms with van der Waals surface area (Å²) < 4.78 is 74.2. The number of ether oxygens (including phenoxy) is 1. The number of nitrogens with zero attached hydrogens (tertiary/aromatic N) is 3. The Kier molecular flexibility index (Phi) is 5.45. The standard InChI is InChI=1S/C20H19F3N4O4S/c1-27-19(24)26-20(4-5-31-10-17(20)32(27,29)30)13-6-11(2-3-14(13)22)7-16(28)18-15(23)8-12(21)9-25-18/h2-3,6,8-9,17H,4-5,7,10H2,1H3,(H2,24,26)/t17?,20-/m1/s1. The largest absolute Gasteiger partial charge is 0.380 e. The first-order valence-electron chi connectivity index (χ1n) is 9.60. The number of fused-ring (bicyclic) bond motifs is 1. The molecule has 2 aliphatic heterocycles. The predicted octanol–water partition coefficient (Wildman–Crippen LogP) is 1.50. The number of rotatable bonds is 4. The van der Waals surface area contributed by atoms with Crippen LogP contribution in [0.3, 0.4) is 0 Å². The Morgan fingerprint density at radius 2 is 2.03 bits per heavy atom. The third-order valence-electron chi connectivity index (χ3n) is 5.74. The Hall–Kier alpha value is -2.99. The molecular formula is C20H19F3N4O4S. The van der Waals surface area contributed by atoms with E-state index < -0.39 is 49.7 Å². The molecule has 1 aromatic heterocycles. The van der Waals surface area contributed by atoms with Crippen molar-refractivity contribution in [1.29, 1.82) is 0 Å². The number of aromatic nitrogens is 1. The number of nitrogens with two attached hydrogens (primary N) is 1. The fourth-order valence-electron chi connectivity index (χ4n) is 4.04. The highest BCUT2D eigenvalue weighted by atomic mass is 32.2. The molecule has 8 nitrogen and oxygen atoms in total. The number of hydrogen-bond donors (Lipinski definition) is 1. The summed E-state index contributed by atoms with van der Waals surface area (Å²) in [6, 6.07) is 4.28. The van der Waals surface area contributed by atoms with Crippen molar-refractivity contribution in [2.24, 2.45) is 10.7 Å². The first-order valence-corrected chi connectivity index (χ1v) is 11.1. The van der Waals surface area contributed by atoms with Gasteiger partial charge >= 0.3 is 0 Å². The van der Waals surface area contributed by atoms with E-state index in [-0.39, 0.29) is 43.1 Å². The molecule has 170 valence electrons. The van der Waals surface area contributed by atoms with Crippen molar-refractivity contribution in [3.8, 4) is 0 Å². The van der Waals surface area contributed by atoms with Crippen molar-refractivity contribution in [3.63, 3.8) is 0 Å². The molecule has 1 saturated heterocycles. The molecule has 2 aromatic rings. The van der Waals surface area contributed by atoms with Gasteiger partial charge in [0.2, 0.25) is 16.0 Å². The molecule has 0 aliphatic carbocycles. The maximum absolute atomic E-state index is 15.0. The van der Waals surface area contributed by atoms with Gasteiger partial charge in [0.05, 0.1) is 12.8 Å². The van der Waals surface area contributed by atoms with E-state index in [0.717, 1.165) is 16.6 Å². The highest BCUT2D eigenvalue weighted by molar-refractivity contribution is 7.90. The molecule has 12 heteroatoms. The Labute approximate surface area is 182 Å². The Bertz CT molecular complexity index is 1240. The molecule has 2 aliphatic rings. The van der Waals surface area contributed by atoms with Gasteiger partial charge in [0.1, 0.15) is 28.1 Å². The minimum Gasteiger partial charge on any atom is -0.380 e. The average Bonchev–Trinajstić information content (AvgIpc) is 2.73. The van der Waals surface area contributed by atoms with Crippen molar-refractivity contribution in [3.05, 3.63) is 64.7 Å². The molecule has 0 amide bonds. The van der Waals surface area contributed by atoms with Gasteiger partial charge in [0.15, 0.2) is 11.6 Å². The van der Waals surface area contributed by atoms with E-state index in [4.69, 9.17) is 10.5 Å². The number of aliphatic imine (C=N–C) groups is 1. The van der Waals surface area contributed by atoms with Crippen molar-refractivity contribution in [1.82, 2.24) is 9.29 Å². The lowest BCUT2D eigenvalue weighted by atomic mass is 9.81. The van der Waals surface area contributed by atoms with Crippen LogP contribution in [-0.2, 0) is 26.7 Å². The minimum absolute atomic E-state index is 0.0495. The zero-order valence-electron chi connectivity index (χ0n) is 16.9. The number of hydrogen-bond acceptors (Lipinski definition) is 7. The van der Waals surface area contributed by atoms with E-state index in [1.165, 1.54) is 19.2 Å². The molecule has 0 spiro atoms. The van der Waals surface area contributed by atoms with Gasteiger partial charge in [-0.25, -0.2) is 35.9 Å². The van der Waals surface area contributed by atoms with Crippen molar-refractivity contribution < 1.29 is 31.1 Å². The fraction of sp³-hybridized carbons (Fsp3) is 0.350. The van der Waals surface area contributed by atoms with Crippen LogP contribution in [0.4, 0.5) is 13.2 Å². The van der Waals surface area contributed by atoms with E-state index in [1.807, 2.05) is 0 Å². The normalized spacial score (nSPS) is 24.6. The number of halogens is 3. The van der Waals surface area contributed by atoms with Gasteiger partial charge in [-0.3, -0.25) is 4.79 Å². The van der Waals surface area contributed by atoms with Gasteiger partial charge < -0.3 is 10.5 Å². The second-order valence-electron chi connectivity index (χ2n) is 7.62. The van der Waals surface area contributed by atoms with Crippen LogP contribution >= 0.6 is 0 Å². The third-order valence-corrected chi connectivity index (χ3v) is 7.94. The molecule has 2 N–H and O–H groups in total. The van der Waals surface area contributed by atoms with Crippen LogP contribution in [0.25, 0.3) is 0 Å². The van der Waals surface area contributed by atoms with Crippen LogP contribution in [0.1, 0.15) is 28.0 Å². The molecular weight excluding hydrogens is 449 g/mol. The van der Waals surface area contributed by atoms with Gasteiger partial charge in [-0.1, -0.05) is 6.07 Å². The Morgan fingerprint density at radius 1 is 1.28 bits per heavy atom. The number of ketones is 1. The zero-order valence-corrected chi connectivity index (χ0v) is 17.7. The maximum atomic E-state index is 15.0. The van der Waals surface area contributed by atoms with Crippen LogP contribution in [0, 0.1) is 17.5 Å². The summed E-state index contributed by atoms with van der Waals surface area (Å²) in [7, 11) is -2.75. The molecule has 0 radical (unpaired) electrons. The monoisotopic (exact) mass is 468 g/mol. The van der Waals surface area contributed by atoms with Gasteiger partial charge in [0, 0.05) is 38.1 Å². The van der Waals surface area contributed by atoms with E-state index in [9.17, 15) is 22.0 Å². The summed E-state index contributed by atoms with van der Waals surface area (Å²) >= 11 is 0. The summed E-state index contributed by atoms with van der Waals surface area (Å²) in [5.41, 5.74) is 3.98. The van der Waals surface area contributed by atoms with Crippen LogP contribution < -0.4 is 5.73 Å². The number of Topliss-reactive ketones (excluding diaryl/α,β-unsaturated/α-hetero) is 1. The summed E-state index contributed by atoms with van der Waals surface area (Å²) in [5.74, 6) is -3.80. The van der Waals surface area contributed by atoms with E-state index in [1.54, 1.807) is 0 Å². The number of guanidine groups is 1. The third kappa shape index (κ3) is 3.52. The van der Waals surface area contributed by atoms with Crippen molar-refractivity contribution in [2.75, 3.05) is 20.3 Å². The summed E-state index contributed by atoms with van der Waals surface area (Å²) in [6.45, 7) is -0.0867. The molecule has 32 heavy (non-hydrogen) atoms. The van der Waals surface area contributed by atoms with E-state index in [2.05, 4.69) is 9.98 Å². The quantitative estimate of drug-likeness (QED) is 0.680. The molecule has 1 aromatic carbocycles. The van der Waals surface area contributed by atoms with Crippen LogP contribution in [0.15, 0.2) is 35.5 Å². The molecule has 3 heterocycles. The number of pyridine rings is 1. The predicted molar refractivity (Wildman–Crippen MR) is 108 cm³/mol. The molecule has 0 bridgehead atoms. The van der Waals surface area contributed by atoms with Crippen molar-refractivity contribution >= 4 is 21.8 Å². The molecule has 2 atom stereocenters. The topological polar surface area (TPSA) is 115 Å². The summed E-state index contributed by atoms with van der Waals surface area (Å²) in [4.78, 5) is 20.4. The second-order valence-corrected chi connectivity index (χ2v) is 9.77.